The van der Waals surface area contributed by atoms with Gasteiger partial charge in [-0.2, -0.15) is 0 Å². The molecule has 5 heteroatoms. The molecule has 3 heterocycles. The third kappa shape index (κ3) is 2.51. The SMILES string of the molecule is C(=N\OC1CCCCO1)/c1cc2ncccc2o1. The summed E-state index contributed by atoms with van der Waals surface area (Å²) in [6.45, 7) is 0.745. The fourth-order valence-electron chi connectivity index (χ4n) is 1.90. The average molecular weight is 246 g/mol. The molecule has 0 amide bonds. The van der Waals surface area contributed by atoms with E-state index in [4.69, 9.17) is 14.0 Å². The monoisotopic (exact) mass is 246 g/mol. The van der Waals surface area contributed by atoms with E-state index in [2.05, 4.69) is 10.1 Å². The lowest BCUT2D eigenvalue weighted by Gasteiger charge is -2.19. The Morgan fingerprint density at radius 1 is 1.44 bits per heavy atom. The van der Waals surface area contributed by atoms with Crippen molar-refractivity contribution >= 4 is 17.3 Å². The van der Waals surface area contributed by atoms with Crippen molar-refractivity contribution in [2.45, 2.75) is 25.6 Å². The Kier molecular flexibility index (Phi) is 3.23. The van der Waals surface area contributed by atoms with E-state index in [1.54, 1.807) is 12.4 Å². The molecule has 94 valence electrons. The summed E-state index contributed by atoms with van der Waals surface area (Å²) in [5, 5.41) is 3.89. The fourth-order valence-corrected chi connectivity index (χ4v) is 1.90. The van der Waals surface area contributed by atoms with Crippen molar-refractivity contribution in [2.75, 3.05) is 6.61 Å². The number of pyridine rings is 1. The van der Waals surface area contributed by atoms with Crippen molar-refractivity contribution in [3.63, 3.8) is 0 Å². The van der Waals surface area contributed by atoms with E-state index in [9.17, 15) is 0 Å². The van der Waals surface area contributed by atoms with Gasteiger partial charge in [-0.3, -0.25) is 4.98 Å². The van der Waals surface area contributed by atoms with E-state index in [0.717, 1.165) is 37.0 Å². The first-order valence-electron chi connectivity index (χ1n) is 6.07. The number of fused-ring (bicyclic) bond motifs is 1. The molecule has 0 aromatic carbocycles. The highest BCUT2D eigenvalue weighted by molar-refractivity contribution is 5.84. The predicted octanol–water partition coefficient (Wildman–Crippen LogP) is 2.70. The number of nitrogens with zero attached hydrogens (tertiary/aromatic N) is 2. The third-order valence-corrected chi connectivity index (χ3v) is 2.80. The smallest absolute Gasteiger partial charge is 0.226 e. The van der Waals surface area contributed by atoms with E-state index in [1.807, 2.05) is 18.2 Å². The summed E-state index contributed by atoms with van der Waals surface area (Å²) < 4.78 is 10.9. The van der Waals surface area contributed by atoms with E-state index in [-0.39, 0.29) is 6.29 Å². The Labute approximate surface area is 104 Å². The van der Waals surface area contributed by atoms with Crippen molar-refractivity contribution in [2.24, 2.45) is 5.16 Å². The molecule has 5 nitrogen and oxygen atoms in total. The van der Waals surface area contributed by atoms with Crippen molar-refractivity contribution < 1.29 is 14.0 Å². The van der Waals surface area contributed by atoms with Crippen LogP contribution >= 0.6 is 0 Å². The molecule has 0 bridgehead atoms. The van der Waals surface area contributed by atoms with Gasteiger partial charge in [-0.1, -0.05) is 5.16 Å². The van der Waals surface area contributed by atoms with Crippen LogP contribution in [0, 0.1) is 0 Å². The van der Waals surface area contributed by atoms with Crippen LogP contribution in [0.5, 0.6) is 0 Å². The van der Waals surface area contributed by atoms with Crippen molar-refractivity contribution in [3.05, 3.63) is 30.2 Å². The summed E-state index contributed by atoms with van der Waals surface area (Å²) >= 11 is 0. The van der Waals surface area contributed by atoms with Gasteiger partial charge in [0.15, 0.2) is 11.3 Å². The Balaban J connectivity index is 1.64. The topological polar surface area (TPSA) is 56.9 Å². The quantitative estimate of drug-likeness (QED) is 0.617. The van der Waals surface area contributed by atoms with Crippen LogP contribution in [0.4, 0.5) is 0 Å². The van der Waals surface area contributed by atoms with Crippen LogP contribution in [0.2, 0.25) is 0 Å². The first kappa shape index (κ1) is 11.2. The minimum atomic E-state index is -0.225. The molecule has 1 saturated heterocycles. The number of aromatic nitrogens is 1. The first-order chi connectivity index (χ1) is 8.92. The first-order valence-corrected chi connectivity index (χ1v) is 6.07. The predicted molar refractivity (Wildman–Crippen MR) is 66.3 cm³/mol. The molecule has 2 aromatic rings. The third-order valence-electron chi connectivity index (χ3n) is 2.80. The van der Waals surface area contributed by atoms with Gasteiger partial charge in [-0.25, -0.2) is 0 Å². The van der Waals surface area contributed by atoms with E-state index >= 15 is 0 Å². The van der Waals surface area contributed by atoms with Gasteiger partial charge in [0.25, 0.3) is 0 Å². The molecule has 1 unspecified atom stereocenters. The van der Waals surface area contributed by atoms with Crippen LogP contribution in [-0.2, 0) is 9.57 Å². The van der Waals surface area contributed by atoms with Gasteiger partial charge in [0, 0.05) is 18.7 Å². The minimum absolute atomic E-state index is 0.225. The zero-order chi connectivity index (χ0) is 12.2. The normalized spacial score (nSPS) is 20.6. The maximum atomic E-state index is 5.52. The van der Waals surface area contributed by atoms with Crippen molar-refractivity contribution in [3.8, 4) is 0 Å². The minimum Gasteiger partial charge on any atom is -0.453 e. The van der Waals surface area contributed by atoms with Gasteiger partial charge in [-0.05, 0) is 25.0 Å². The maximum absolute atomic E-state index is 5.52. The van der Waals surface area contributed by atoms with E-state index in [1.165, 1.54) is 0 Å². The summed E-state index contributed by atoms with van der Waals surface area (Å²) in [6.07, 6.45) is 6.15. The summed E-state index contributed by atoms with van der Waals surface area (Å²) in [5.74, 6) is 0.625. The Hall–Kier alpha value is -1.88. The van der Waals surface area contributed by atoms with E-state index in [0.29, 0.717) is 5.76 Å². The lowest BCUT2D eigenvalue weighted by Crippen LogP contribution is -2.20. The van der Waals surface area contributed by atoms with Crippen LogP contribution in [0.1, 0.15) is 25.0 Å². The fraction of sp³-hybridized carbons (Fsp3) is 0.385. The number of hydrogen-bond donors (Lipinski definition) is 0. The van der Waals surface area contributed by atoms with Crippen LogP contribution in [-0.4, -0.2) is 24.1 Å². The molecule has 0 N–H and O–H groups in total. The summed E-state index contributed by atoms with van der Waals surface area (Å²) in [4.78, 5) is 9.43. The average Bonchev–Trinajstić information content (AvgIpc) is 2.82. The number of rotatable bonds is 3. The maximum Gasteiger partial charge on any atom is 0.226 e. The molecule has 3 rings (SSSR count). The molecule has 0 radical (unpaired) electrons. The van der Waals surface area contributed by atoms with Crippen LogP contribution in [0.15, 0.2) is 34.0 Å². The highest BCUT2D eigenvalue weighted by atomic mass is 16.8. The molecule has 1 atom stereocenters. The van der Waals surface area contributed by atoms with Gasteiger partial charge >= 0.3 is 0 Å². The van der Waals surface area contributed by atoms with E-state index < -0.39 is 0 Å². The number of hydrogen-bond acceptors (Lipinski definition) is 5. The summed E-state index contributed by atoms with van der Waals surface area (Å²) in [7, 11) is 0. The molecule has 1 aliphatic heterocycles. The van der Waals surface area contributed by atoms with Gasteiger partial charge in [0.1, 0.15) is 11.7 Å². The Bertz CT molecular complexity index is 511. The zero-order valence-corrected chi connectivity index (χ0v) is 9.91. The molecule has 18 heavy (non-hydrogen) atoms. The largest absolute Gasteiger partial charge is 0.453 e. The highest BCUT2D eigenvalue weighted by Gasteiger charge is 2.14. The lowest BCUT2D eigenvalue weighted by molar-refractivity contribution is -0.161. The Morgan fingerprint density at radius 2 is 2.44 bits per heavy atom. The van der Waals surface area contributed by atoms with Gasteiger partial charge < -0.3 is 14.0 Å². The molecular formula is C13H14N2O3. The molecule has 2 aromatic heterocycles. The van der Waals surface area contributed by atoms with Gasteiger partial charge in [0.05, 0.1) is 6.61 Å². The number of oxime groups is 1. The molecule has 0 aliphatic carbocycles. The van der Waals surface area contributed by atoms with Crippen LogP contribution < -0.4 is 0 Å². The second-order valence-electron chi connectivity index (χ2n) is 4.17. The second kappa shape index (κ2) is 5.18. The van der Waals surface area contributed by atoms with Crippen molar-refractivity contribution in [1.29, 1.82) is 0 Å². The summed E-state index contributed by atoms with van der Waals surface area (Å²) in [5.41, 5.74) is 1.56. The van der Waals surface area contributed by atoms with Crippen LogP contribution in [0.3, 0.4) is 0 Å². The molecule has 1 fully saturated rings. The zero-order valence-electron chi connectivity index (χ0n) is 9.91. The molecule has 1 aliphatic rings. The molecule has 0 spiro atoms. The summed E-state index contributed by atoms with van der Waals surface area (Å²) in [6, 6.07) is 5.52. The molecular weight excluding hydrogens is 232 g/mol. The number of furan rings is 1. The van der Waals surface area contributed by atoms with Crippen LogP contribution in [0.25, 0.3) is 11.1 Å². The highest BCUT2D eigenvalue weighted by Crippen LogP contribution is 2.16. The number of ether oxygens (including phenoxy) is 1. The standard InChI is InChI=1S/C13H14N2O3/c1-2-7-16-13(5-1)18-15-9-10-8-11-12(17-10)4-3-6-14-11/h3-4,6,8-9,13H,1-2,5,7H2/b15-9+. The lowest BCUT2D eigenvalue weighted by atomic mass is 10.2. The van der Waals surface area contributed by atoms with Gasteiger partial charge in [0.2, 0.25) is 6.29 Å². The molecule has 0 saturated carbocycles. The van der Waals surface area contributed by atoms with Gasteiger partial charge in [-0.15, -0.1) is 0 Å². The van der Waals surface area contributed by atoms with Crippen molar-refractivity contribution in [1.82, 2.24) is 4.98 Å². The Morgan fingerprint density at radius 3 is 3.28 bits per heavy atom. The second-order valence-corrected chi connectivity index (χ2v) is 4.17.